The normalized spacial score (nSPS) is 18.4. The molecule has 0 saturated carbocycles. The van der Waals surface area contributed by atoms with Gasteiger partial charge in [-0.15, -0.1) is 0 Å². The number of rotatable bonds is 4. The molecule has 162 valence electrons. The molecule has 1 aromatic carbocycles. The molecule has 6 nitrogen and oxygen atoms in total. The standard InChI is InChI=1S/C21H20F4N6/c1-11-15(10-26)19(29-20-14-9-12(22)7-8-17(14)30-31(20)2)28-18(27-11)13-5-3-4-6-16(13)21(23,24)25/h3-9,17,30H,10,26H2,1-2H3,(H,27,28,29). The fraction of sp³-hybridized carbons (Fsp3) is 0.238. The minimum absolute atomic E-state index is 0.0721. The number of halogens is 4. The summed E-state index contributed by atoms with van der Waals surface area (Å²) in [4.78, 5) is 8.66. The molecule has 1 unspecified atom stereocenters. The molecule has 4 rings (SSSR count). The Labute approximate surface area is 176 Å². The van der Waals surface area contributed by atoms with Crippen LogP contribution < -0.4 is 16.5 Å². The third kappa shape index (κ3) is 3.91. The first kappa shape index (κ1) is 21.0. The summed E-state index contributed by atoms with van der Waals surface area (Å²) < 4.78 is 54.4. The first-order valence-corrected chi connectivity index (χ1v) is 9.49. The zero-order valence-corrected chi connectivity index (χ0v) is 16.8. The number of nitrogens with zero attached hydrogens (tertiary/aromatic N) is 3. The lowest BCUT2D eigenvalue weighted by Crippen LogP contribution is -2.35. The van der Waals surface area contributed by atoms with E-state index < -0.39 is 17.6 Å². The van der Waals surface area contributed by atoms with Crippen molar-refractivity contribution in [1.82, 2.24) is 20.4 Å². The van der Waals surface area contributed by atoms with Crippen molar-refractivity contribution in [1.29, 1.82) is 0 Å². The van der Waals surface area contributed by atoms with Crippen LogP contribution in [-0.4, -0.2) is 28.1 Å². The van der Waals surface area contributed by atoms with Crippen molar-refractivity contribution in [2.24, 2.45) is 5.73 Å². The summed E-state index contributed by atoms with van der Waals surface area (Å²) in [6.45, 7) is 1.73. The number of aromatic nitrogens is 2. The van der Waals surface area contributed by atoms with Gasteiger partial charge in [-0.2, -0.15) is 13.2 Å². The van der Waals surface area contributed by atoms with Gasteiger partial charge in [0.05, 0.1) is 11.6 Å². The maximum Gasteiger partial charge on any atom is 0.417 e. The van der Waals surface area contributed by atoms with Gasteiger partial charge in [0.25, 0.3) is 0 Å². The second-order valence-corrected chi connectivity index (χ2v) is 7.19. The van der Waals surface area contributed by atoms with E-state index in [1.54, 1.807) is 25.1 Å². The number of nitrogens with one attached hydrogen (secondary N) is 2. The number of allylic oxidation sites excluding steroid dienone is 2. The highest BCUT2D eigenvalue weighted by Crippen LogP contribution is 2.37. The Balaban J connectivity index is 1.83. The van der Waals surface area contributed by atoms with Crippen molar-refractivity contribution in [2.45, 2.75) is 25.7 Å². The molecule has 2 heterocycles. The molecule has 1 atom stereocenters. The molecule has 1 aromatic heterocycles. The quantitative estimate of drug-likeness (QED) is 0.638. The molecule has 4 N–H and O–H groups in total. The van der Waals surface area contributed by atoms with Gasteiger partial charge in [0.2, 0.25) is 0 Å². The van der Waals surface area contributed by atoms with Gasteiger partial charge in [-0.25, -0.2) is 19.8 Å². The highest BCUT2D eigenvalue weighted by Gasteiger charge is 2.34. The van der Waals surface area contributed by atoms with Crippen LogP contribution in [0, 0.1) is 6.92 Å². The molecule has 0 fully saturated rings. The van der Waals surface area contributed by atoms with Crippen molar-refractivity contribution in [3.05, 3.63) is 76.5 Å². The van der Waals surface area contributed by atoms with Crippen LogP contribution in [-0.2, 0) is 12.7 Å². The zero-order valence-electron chi connectivity index (χ0n) is 16.8. The molecule has 0 saturated heterocycles. The second-order valence-electron chi connectivity index (χ2n) is 7.19. The Morgan fingerprint density at radius 3 is 2.68 bits per heavy atom. The molecule has 0 radical (unpaired) electrons. The number of benzene rings is 1. The summed E-state index contributed by atoms with van der Waals surface area (Å²) in [7, 11) is 1.74. The largest absolute Gasteiger partial charge is 0.417 e. The fourth-order valence-electron chi connectivity index (χ4n) is 3.63. The Kier molecular flexibility index (Phi) is 5.28. The molecule has 0 amide bonds. The topological polar surface area (TPSA) is 79.1 Å². The van der Waals surface area contributed by atoms with Gasteiger partial charge in [-0.05, 0) is 25.1 Å². The predicted octanol–water partition coefficient (Wildman–Crippen LogP) is 3.79. The fourth-order valence-corrected chi connectivity index (χ4v) is 3.63. The molecular weight excluding hydrogens is 412 g/mol. The van der Waals surface area contributed by atoms with E-state index in [4.69, 9.17) is 5.73 Å². The minimum Gasteiger partial charge on any atom is -0.326 e. The van der Waals surface area contributed by atoms with Crippen LogP contribution in [0.4, 0.5) is 23.4 Å². The maximum atomic E-state index is 13.8. The van der Waals surface area contributed by atoms with Crippen molar-refractivity contribution in [3.63, 3.8) is 0 Å². The molecule has 1 aliphatic carbocycles. The van der Waals surface area contributed by atoms with Crippen LogP contribution in [0.5, 0.6) is 0 Å². The minimum atomic E-state index is -4.56. The number of aryl methyl sites for hydroxylation is 1. The van der Waals surface area contributed by atoms with Crippen LogP contribution in [0.1, 0.15) is 16.8 Å². The molecular formula is C21H20F4N6. The highest BCUT2D eigenvalue weighted by molar-refractivity contribution is 5.65. The number of hydrogen-bond acceptors (Lipinski definition) is 6. The second kappa shape index (κ2) is 7.78. The zero-order chi connectivity index (χ0) is 22.3. The maximum absolute atomic E-state index is 13.8. The summed E-state index contributed by atoms with van der Waals surface area (Å²) in [5.41, 5.74) is 9.70. The van der Waals surface area contributed by atoms with Crippen molar-refractivity contribution < 1.29 is 17.6 Å². The Morgan fingerprint density at radius 2 is 1.97 bits per heavy atom. The predicted molar refractivity (Wildman–Crippen MR) is 109 cm³/mol. The van der Waals surface area contributed by atoms with Crippen LogP contribution in [0.2, 0.25) is 0 Å². The number of hydrogen-bond donors (Lipinski definition) is 3. The number of hydrazine groups is 1. The molecule has 1 aliphatic heterocycles. The van der Waals surface area contributed by atoms with Crippen LogP contribution >= 0.6 is 0 Å². The molecule has 0 bridgehead atoms. The summed E-state index contributed by atoms with van der Waals surface area (Å²) in [6.07, 6.45) is -0.127. The smallest absolute Gasteiger partial charge is 0.326 e. The highest BCUT2D eigenvalue weighted by atomic mass is 19.4. The number of alkyl halides is 3. The average Bonchev–Trinajstić information content (AvgIpc) is 3.02. The first-order chi connectivity index (χ1) is 14.7. The van der Waals surface area contributed by atoms with E-state index in [0.29, 0.717) is 22.7 Å². The Hall–Kier alpha value is -3.24. The monoisotopic (exact) mass is 432 g/mol. The van der Waals surface area contributed by atoms with Gasteiger partial charge in [-0.3, -0.25) is 5.01 Å². The van der Waals surface area contributed by atoms with Crippen LogP contribution in [0.25, 0.3) is 11.4 Å². The number of fused-ring (bicyclic) bond motifs is 1. The molecule has 2 aliphatic rings. The van der Waals surface area contributed by atoms with E-state index in [1.165, 1.54) is 30.4 Å². The third-order valence-corrected chi connectivity index (χ3v) is 5.15. The van der Waals surface area contributed by atoms with E-state index in [9.17, 15) is 17.6 Å². The average molecular weight is 432 g/mol. The molecule has 0 spiro atoms. The lowest BCUT2D eigenvalue weighted by atomic mass is 10.0. The summed E-state index contributed by atoms with van der Waals surface area (Å²) in [5, 5.41) is 4.79. The molecule has 10 heteroatoms. The van der Waals surface area contributed by atoms with Gasteiger partial charge >= 0.3 is 6.18 Å². The van der Waals surface area contributed by atoms with Crippen LogP contribution in [0.3, 0.4) is 0 Å². The Bertz CT molecular complexity index is 1120. The number of anilines is 1. The van der Waals surface area contributed by atoms with Gasteiger partial charge in [-0.1, -0.05) is 24.3 Å². The van der Waals surface area contributed by atoms with Gasteiger partial charge in [0.15, 0.2) is 5.82 Å². The van der Waals surface area contributed by atoms with Crippen molar-refractivity contribution >= 4 is 5.82 Å². The van der Waals surface area contributed by atoms with E-state index >= 15 is 0 Å². The SMILES string of the molecule is Cc1nc(-c2ccccc2C(F)(F)F)nc(NC2=C3C=C(F)C=CC3NN2C)c1CN. The summed E-state index contributed by atoms with van der Waals surface area (Å²) in [6, 6.07) is 4.90. The lowest BCUT2D eigenvalue weighted by molar-refractivity contribution is -0.137. The summed E-state index contributed by atoms with van der Waals surface area (Å²) in [5.74, 6) is 0.306. The Morgan fingerprint density at radius 1 is 1.23 bits per heavy atom. The van der Waals surface area contributed by atoms with Gasteiger partial charge in [0.1, 0.15) is 17.5 Å². The van der Waals surface area contributed by atoms with E-state index in [2.05, 4.69) is 20.7 Å². The van der Waals surface area contributed by atoms with E-state index in [0.717, 1.165) is 6.07 Å². The molecule has 2 aromatic rings. The van der Waals surface area contributed by atoms with Crippen molar-refractivity contribution in [3.8, 4) is 11.4 Å². The number of nitrogens with two attached hydrogens (primary N) is 1. The van der Waals surface area contributed by atoms with E-state index in [1.807, 2.05) is 0 Å². The van der Waals surface area contributed by atoms with Gasteiger partial charge in [0, 0.05) is 36.0 Å². The van der Waals surface area contributed by atoms with Crippen LogP contribution in [0.15, 0.2) is 59.7 Å². The van der Waals surface area contributed by atoms with E-state index in [-0.39, 0.29) is 29.8 Å². The summed E-state index contributed by atoms with van der Waals surface area (Å²) >= 11 is 0. The lowest BCUT2D eigenvalue weighted by Gasteiger charge is -2.21. The third-order valence-electron chi connectivity index (χ3n) is 5.15. The molecule has 31 heavy (non-hydrogen) atoms. The van der Waals surface area contributed by atoms with Gasteiger partial charge < -0.3 is 11.1 Å². The van der Waals surface area contributed by atoms with Crippen molar-refractivity contribution in [2.75, 3.05) is 12.4 Å². The first-order valence-electron chi connectivity index (χ1n) is 9.49.